The van der Waals surface area contributed by atoms with Crippen LogP contribution < -0.4 is 5.73 Å². The third-order valence-electron chi connectivity index (χ3n) is 3.31. The normalized spacial score (nSPS) is 30.6. The van der Waals surface area contributed by atoms with Crippen LogP contribution in [0, 0.1) is 5.41 Å². The van der Waals surface area contributed by atoms with E-state index in [0.717, 1.165) is 6.42 Å². The summed E-state index contributed by atoms with van der Waals surface area (Å²) in [5.41, 5.74) is 4.36. The average molecular weight is 185 g/mol. The molecule has 0 aromatic carbocycles. The Balaban J connectivity index is 2.79. The Morgan fingerprint density at radius 3 is 2.69 bits per heavy atom. The largest absolute Gasteiger partial charge is 0.389 e. The lowest BCUT2D eigenvalue weighted by Gasteiger charge is -2.44. The molecular formula is C10H19NO2. The molecule has 0 radical (unpaired) electrons. The Hall–Kier alpha value is -0.410. The van der Waals surface area contributed by atoms with Crippen molar-refractivity contribution in [3.05, 3.63) is 0 Å². The molecule has 1 rings (SSSR count). The smallest absolute Gasteiger partial charge is 0.135 e. The minimum absolute atomic E-state index is 0.162. The zero-order chi connectivity index (χ0) is 10.1. The molecule has 1 fully saturated rings. The Bertz CT molecular complexity index is 213. The highest BCUT2D eigenvalue weighted by atomic mass is 16.3. The molecule has 1 atom stereocenters. The quantitative estimate of drug-likeness (QED) is 0.670. The highest BCUT2D eigenvalue weighted by Crippen LogP contribution is 2.40. The van der Waals surface area contributed by atoms with Gasteiger partial charge in [-0.05, 0) is 12.8 Å². The molecule has 3 N–H and O–H groups in total. The molecule has 3 heteroatoms. The topological polar surface area (TPSA) is 63.3 Å². The van der Waals surface area contributed by atoms with E-state index in [-0.39, 0.29) is 17.6 Å². The Labute approximate surface area is 79.3 Å². The Kier molecular flexibility index (Phi) is 2.78. The van der Waals surface area contributed by atoms with Gasteiger partial charge in [0.15, 0.2) is 0 Å². The van der Waals surface area contributed by atoms with Crippen molar-refractivity contribution in [2.24, 2.45) is 11.1 Å². The van der Waals surface area contributed by atoms with Gasteiger partial charge in [0.2, 0.25) is 0 Å². The summed E-state index contributed by atoms with van der Waals surface area (Å²) in [6.45, 7) is 4.26. The van der Waals surface area contributed by atoms with E-state index >= 15 is 0 Å². The molecule has 0 saturated heterocycles. The molecule has 0 amide bonds. The van der Waals surface area contributed by atoms with Crippen LogP contribution in [0.2, 0.25) is 0 Å². The second-order valence-electron chi connectivity index (χ2n) is 4.69. The summed E-state index contributed by atoms with van der Waals surface area (Å²) in [6.07, 6.45) is 2.38. The van der Waals surface area contributed by atoms with Crippen LogP contribution in [-0.2, 0) is 4.79 Å². The van der Waals surface area contributed by atoms with E-state index in [0.29, 0.717) is 19.4 Å². The van der Waals surface area contributed by atoms with Gasteiger partial charge < -0.3 is 10.8 Å². The van der Waals surface area contributed by atoms with Crippen LogP contribution in [0.3, 0.4) is 0 Å². The van der Waals surface area contributed by atoms with Crippen molar-refractivity contribution in [3.8, 4) is 0 Å². The number of rotatable bonds is 2. The molecule has 1 aliphatic rings. The summed E-state index contributed by atoms with van der Waals surface area (Å²) in [5, 5.41) is 10.3. The molecule has 1 unspecified atom stereocenters. The molecule has 0 bridgehead atoms. The Morgan fingerprint density at radius 2 is 2.23 bits per heavy atom. The van der Waals surface area contributed by atoms with Gasteiger partial charge in [-0.1, -0.05) is 13.8 Å². The fraction of sp³-hybridized carbons (Fsp3) is 0.900. The average Bonchev–Trinajstić information content (AvgIpc) is 2.03. The second-order valence-corrected chi connectivity index (χ2v) is 4.69. The van der Waals surface area contributed by atoms with Gasteiger partial charge in [-0.3, -0.25) is 4.79 Å². The van der Waals surface area contributed by atoms with Gasteiger partial charge in [-0.25, -0.2) is 0 Å². The van der Waals surface area contributed by atoms with Gasteiger partial charge >= 0.3 is 0 Å². The van der Waals surface area contributed by atoms with Crippen LogP contribution in [0.1, 0.15) is 39.5 Å². The lowest BCUT2D eigenvalue weighted by atomic mass is 9.67. The molecule has 3 nitrogen and oxygen atoms in total. The van der Waals surface area contributed by atoms with Gasteiger partial charge in [-0.15, -0.1) is 0 Å². The van der Waals surface area contributed by atoms with Gasteiger partial charge in [0.25, 0.3) is 0 Å². The van der Waals surface area contributed by atoms with Crippen molar-refractivity contribution in [2.75, 3.05) is 6.54 Å². The first-order chi connectivity index (χ1) is 5.91. The minimum Gasteiger partial charge on any atom is -0.389 e. The van der Waals surface area contributed by atoms with Crippen LogP contribution >= 0.6 is 0 Å². The van der Waals surface area contributed by atoms with Crippen molar-refractivity contribution in [2.45, 2.75) is 45.1 Å². The minimum atomic E-state index is -0.878. The second kappa shape index (κ2) is 3.39. The van der Waals surface area contributed by atoms with Gasteiger partial charge in [0.05, 0.1) is 5.60 Å². The molecule has 13 heavy (non-hydrogen) atoms. The van der Waals surface area contributed by atoms with E-state index in [4.69, 9.17) is 5.73 Å². The summed E-state index contributed by atoms with van der Waals surface area (Å²) < 4.78 is 0. The monoisotopic (exact) mass is 185 g/mol. The number of hydrogen-bond acceptors (Lipinski definition) is 3. The summed E-state index contributed by atoms with van der Waals surface area (Å²) in [5.74, 6) is 0.162. The first-order valence-corrected chi connectivity index (χ1v) is 4.85. The zero-order valence-corrected chi connectivity index (χ0v) is 8.47. The third-order valence-corrected chi connectivity index (χ3v) is 3.31. The van der Waals surface area contributed by atoms with E-state index in [1.807, 2.05) is 13.8 Å². The number of nitrogens with two attached hydrogens (primary N) is 1. The van der Waals surface area contributed by atoms with Gasteiger partial charge in [-0.2, -0.15) is 0 Å². The molecule has 0 aromatic heterocycles. The van der Waals surface area contributed by atoms with E-state index in [2.05, 4.69) is 0 Å². The van der Waals surface area contributed by atoms with Crippen molar-refractivity contribution < 1.29 is 9.90 Å². The van der Waals surface area contributed by atoms with E-state index in [1.54, 1.807) is 0 Å². The highest BCUT2D eigenvalue weighted by Gasteiger charge is 2.45. The highest BCUT2D eigenvalue weighted by molar-refractivity contribution is 5.80. The van der Waals surface area contributed by atoms with Crippen molar-refractivity contribution in [1.29, 1.82) is 0 Å². The first kappa shape index (κ1) is 10.7. The van der Waals surface area contributed by atoms with Crippen LogP contribution in [0.4, 0.5) is 0 Å². The maximum Gasteiger partial charge on any atom is 0.135 e. The van der Waals surface area contributed by atoms with Crippen LogP contribution in [0.5, 0.6) is 0 Å². The maximum atomic E-state index is 11.2. The van der Waals surface area contributed by atoms with E-state index in [9.17, 15) is 9.90 Å². The number of carbonyl (C=O) groups is 1. The number of aliphatic hydroxyl groups is 1. The van der Waals surface area contributed by atoms with Crippen molar-refractivity contribution >= 4 is 5.78 Å². The summed E-state index contributed by atoms with van der Waals surface area (Å²) in [4.78, 5) is 11.2. The molecule has 0 spiro atoms. The SMILES string of the molecule is CC(C)(CN)C1(O)CCCC(=O)C1. The van der Waals surface area contributed by atoms with Gasteiger partial charge in [0.1, 0.15) is 5.78 Å². The van der Waals surface area contributed by atoms with E-state index < -0.39 is 5.60 Å². The van der Waals surface area contributed by atoms with Crippen molar-refractivity contribution in [3.63, 3.8) is 0 Å². The van der Waals surface area contributed by atoms with Crippen molar-refractivity contribution in [1.82, 2.24) is 0 Å². The standard InChI is InChI=1S/C10H19NO2/c1-9(2,7-11)10(13)5-3-4-8(12)6-10/h13H,3-7,11H2,1-2H3. The summed E-state index contributed by atoms with van der Waals surface area (Å²) in [6, 6.07) is 0. The van der Waals surface area contributed by atoms with Gasteiger partial charge in [0, 0.05) is 24.8 Å². The fourth-order valence-corrected chi connectivity index (χ4v) is 1.85. The zero-order valence-electron chi connectivity index (χ0n) is 8.47. The fourth-order valence-electron chi connectivity index (χ4n) is 1.85. The lowest BCUT2D eigenvalue weighted by Crippen LogP contribution is -2.51. The third kappa shape index (κ3) is 1.92. The number of ketones is 1. The molecule has 1 saturated carbocycles. The van der Waals surface area contributed by atoms with Crippen LogP contribution in [0.15, 0.2) is 0 Å². The first-order valence-electron chi connectivity index (χ1n) is 4.85. The molecule has 76 valence electrons. The Morgan fingerprint density at radius 1 is 1.62 bits per heavy atom. The predicted octanol–water partition coefficient (Wildman–Crippen LogP) is 0.845. The summed E-state index contributed by atoms with van der Waals surface area (Å²) >= 11 is 0. The van der Waals surface area contributed by atoms with Crippen LogP contribution in [-0.4, -0.2) is 23.0 Å². The molecule has 0 heterocycles. The number of hydrogen-bond donors (Lipinski definition) is 2. The predicted molar refractivity (Wildman–Crippen MR) is 51.3 cm³/mol. The number of Topliss-reactive ketones (excluding diaryl/α,β-unsaturated/α-hetero) is 1. The number of carbonyl (C=O) groups excluding carboxylic acids is 1. The molecule has 1 aliphatic carbocycles. The molecule has 0 aliphatic heterocycles. The lowest BCUT2D eigenvalue weighted by molar-refractivity contribution is -0.138. The molecular weight excluding hydrogens is 166 g/mol. The van der Waals surface area contributed by atoms with E-state index in [1.165, 1.54) is 0 Å². The maximum absolute atomic E-state index is 11.2. The molecule has 0 aromatic rings. The summed E-state index contributed by atoms with van der Waals surface area (Å²) in [7, 11) is 0. The van der Waals surface area contributed by atoms with Crippen LogP contribution in [0.25, 0.3) is 0 Å².